The number of aromatic amines is 1. The van der Waals surface area contributed by atoms with Crippen molar-refractivity contribution in [1.82, 2.24) is 14.5 Å². The lowest BCUT2D eigenvalue weighted by atomic mass is 10.2. The summed E-state index contributed by atoms with van der Waals surface area (Å²) >= 11 is 0.997. The zero-order valence-electron chi connectivity index (χ0n) is 13.8. The molecule has 0 aliphatic heterocycles. The van der Waals surface area contributed by atoms with E-state index in [4.69, 9.17) is 15.6 Å². The summed E-state index contributed by atoms with van der Waals surface area (Å²) in [6, 6.07) is 5.28. The van der Waals surface area contributed by atoms with Gasteiger partial charge in [0.1, 0.15) is 16.8 Å². The SMILES string of the molecule is COc1ccc2[nH]c3c(=O)n(CCC(=O)O)c(SCC(N)=O)nc3c2c1. The van der Waals surface area contributed by atoms with Gasteiger partial charge >= 0.3 is 5.97 Å². The van der Waals surface area contributed by atoms with Gasteiger partial charge in [0, 0.05) is 17.4 Å². The maximum absolute atomic E-state index is 12.9. The number of rotatable bonds is 7. The van der Waals surface area contributed by atoms with Crippen molar-refractivity contribution in [3.63, 3.8) is 0 Å². The van der Waals surface area contributed by atoms with Crippen LogP contribution in [0, 0.1) is 0 Å². The number of aromatic nitrogens is 3. The highest BCUT2D eigenvalue weighted by Crippen LogP contribution is 2.27. The summed E-state index contributed by atoms with van der Waals surface area (Å²) < 4.78 is 6.46. The van der Waals surface area contributed by atoms with Gasteiger partial charge in [-0.25, -0.2) is 4.98 Å². The molecular formula is C16H16N4O5S. The fraction of sp³-hybridized carbons (Fsp3) is 0.250. The first-order chi connectivity index (χ1) is 12.4. The zero-order chi connectivity index (χ0) is 18.8. The number of ether oxygens (including phenoxy) is 1. The van der Waals surface area contributed by atoms with Gasteiger partial charge in [0.15, 0.2) is 5.16 Å². The second-order valence-corrected chi connectivity index (χ2v) is 6.45. The number of carbonyl (C=O) groups excluding carboxylic acids is 1. The van der Waals surface area contributed by atoms with Gasteiger partial charge in [-0.1, -0.05) is 11.8 Å². The summed E-state index contributed by atoms with van der Waals surface area (Å²) in [4.78, 5) is 42.4. The van der Waals surface area contributed by atoms with E-state index in [1.54, 1.807) is 18.2 Å². The Labute approximate surface area is 151 Å². The molecule has 0 fully saturated rings. The summed E-state index contributed by atoms with van der Waals surface area (Å²) in [5.41, 5.74) is 6.18. The number of nitrogens with zero attached hydrogens (tertiary/aromatic N) is 2. The Hall–Kier alpha value is -3.01. The van der Waals surface area contributed by atoms with E-state index in [0.717, 1.165) is 11.8 Å². The van der Waals surface area contributed by atoms with Crippen LogP contribution in [0.15, 0.2) is 28.2 Å². The quantitative estimate of drug-likeness (QED) is 0.412. The van der Waals surface area contributed by atoms with Crippen LogP contribution in [0.1, 0.15) is 6.42 Å². The Balaban J connectivity index is 2.22. The number of thioether (sulfide) groups is 1. The number of methoxy groups -OCH3 is 1. The van der Waals surface area contributed by atoms with E-state index in [-0.39, 0.29) is 29.4 Å². The van der Waals surface area contributed by atoms with Crippen LogP contribution in [-0.4, -0.2) is 44.4 Å². The second-order valence-electron chi connectivity index (χ2n) is 5.51. The van der Waals surface area contributed by atoms with Crippen molar-refractivity contribution >= 4 is 45.6 Å². The molecule has 4 N–H and O–H groups in total. The maximum atomic E-state index is 12.9. The van der Waals surface area contributed by atoms with Crippen LogP contribution in [0.3, 0.4) is 0 Å². The number of aliphatic carboxylic acids is 1. The minimum atomic E-state index is -1.04. The molecule has 26 heavy (non-hydrogen) atoms. The van der Waals surface area contributed by atoms with Crippen molar-refractivity contribution in [3.8, 4) is 5.75 Å². The molecule has 0 aliphatic carbocycles. The summed E-state index contributed by atoms with van der Waals surface area (Å²) in [6.45, 7) is -0.0586. The molecular weight excluding hydrogens is 360 g/mol. The van der Waals surface area contributed by atoms with E-state index in [2.05, 4.69) is 9.97 Å². The van der Waals surface area contributed by atoms with E-state index in [1.165, 1.54) is 11.7 Å². The third-order valence-corrected chi connectivity index (χ3v) is 4.77. The van der Waals surface area contributed by atoms with Gasteiger partial charge in [-0.2, -0.15) is 0 Å². The van der Waals surface area contributed by atoms with Gasteiger partial charge in [-0.15, -0.1) is 0 Å². The fourth-order valence-electron chi connectivity index (χ4n) is 2.58. The van der Waals surface area contributed by atoms with Gasteiger partial charge in [-0.3, -0.25) is 19.0 Å². The Morgan fingerprint density at radius 1 is 1.42 bits per heavy atom. The minimum absolute atomic E-state index is 0.0586. The van der Waals surface area contributed by atoms with E-state index in [0.29, 0.717) is 22.2 Å². The van der Waals surface area contributed by atoms with Crippen LogP contribution in [0.25, 0.3) is 21.9 Å². The number of carboxylic acid groups (broad SMARTS) is 1. The second kappa shape index (κ2) is 7.08. The van der Waals surface area contributed by atoms with Gasteiger partial charge in [-0.05, 0) is 18.2 Å². The van der Waals surface area contributed by atoms with Crippen molar-refractivity contribution in [2.75, 3.05) is 12.9 Å². The van der Waals surface area contributed by atoms with E-state index in [9.17, 15) is 14.4 Å². The Bertz CT molecular complexity index is 1070. The molecule has 0 bridgehead atoms. The van der Waals surface area contributed by atoms with E-state index in [1.807, 2.05) is 0 Å². The van der Waals surface area contributed by atoms with Crippen LogP contribution in [0.2, 0.25) is 0 Å². The molecule has 0 saturated heterocycles. The number of H-pyrrole nitrogens is 1. The lowest BCUT2D eigenvalue weighted by Gasteiger charge is -2.10. The molecule has 2 aromatic heterocycles. The molecule has 3 rings (SSSR count). The van der Waals surface area contributed by atoms with E-state index >= 15 is 0 Å². The monoisotopic (exact) mass is 376 g/mol. The summed E-state index contributed by atoms with van der Waals surface area (Å²) in [5, 5.41) is 9.86. The standard InChI is InChI=1S/C16H16N4O5S/c1-25-8-2-3-10-9(6-8)13-14(18-10)15(24)20(5-4-12(22)23)16(19-13)26-7-11(17)21/h2-3,6,18H,4-5,7H2,1H3,(H2,17,21)(H,22,23). The molecule has 3 aromatic rings. The highest BCUT2D eigenvalue weighted by molar-refractivity contribution is 7.99. The fourth-order valence-corrected chi connectivity index (χ4v) is 3.34. The van der Waals surface area contributed by atoms with E-state index < -0.39 is 17.4 Å². The average Bonchev–Trinajstić information content (AvgIpc) is 2.97. The summed E-state index contributed by atoms with van der Waals surface area (Å²) in [6.07, 6.45) is -0.245. The predicted octanol–water partition coefficient (Wildman–Crippen LogP) is 0.938. The number of fused-ring (bicyclic) bond motifs is 3. The number of amides is 1. The number of carbonyl (C=O) groups is 2. The molecule has 0 radical (unpaired) electrons. The predicted molar refractivity (Wildman–Crippen MR) is 96.6 cm³/mol. The van der Waals surface area contributed by atoms with Crippen molar-refractivity contribution < 1.29 is 19.4 Å². The topological polar surface area (TPSA) is 140 Å². The summed E-state index contributed by atoms with van der Waals surface area (Å²) in [7, 11) is 1.54. The normalized spacial score (nSPS) is 11.1. The number of nitrogens with one attached hydrogen (secondary N) is 1. The molecule has 9 nitrogen and oxygen atoms in total. The zero-order valence-corrected chi connectivity index (χ0v) is 14.6. The third kappa shape index (κ3) is 3.36. The number of primary amides is 1. The van der Waals surface area contributed by atoms with Crippen LogP contribution in [0.4, 0.5) is 0 Å². The van der Waals surface area contributed by atoms with Crippen molar-refractivity contribution in [3.05, 3.63) is 28.6 Å². The van der Waals surface area contributed by atoms with Gasteiger partial charge in [0.2, 0.25) is 5.91 Å². The number of benzene rings is 1. The van der Waals surface area contributed by atoms with Crippen LogP contribution in [0.5, 0.6) is 5.75 Å². The maximum Gasteiger partial charge on any atom is 0.305 e. The molecule has 1 aromatic carbocycles. The van der Waals surface area contributed by atoms with Gasteiger partial charge in [0.05, 0.1) is 19.3 Å². The van der Waals surface area contributed by atoms with Crippen molar-refractivity contribution in [2.45, 2.75) is 18.1 Å². The van der Waals surface area contributed by atoms with Crippen LogP contribution >= 0.6 is 11.8 Å². The highest BCUT2D eigenvalue weighted by atomic mass is 32.2. The smallest absolute Gasteiger partial charge is 0.305 e. The molecule has 0 aliphatic rings. The number of carboxylic acids is 1. The first kappa shape index (κ1) is 17.8. The Kier molecular flexibility index (Phi) is 4.85. The Morgan fingerprint density at radius 3 is 2.85 bits per heavy atom. The largest absolute Gasteiger partial charge is 0.497 e. The molecule has 10 heteroatoms. The highest BCUT2D eigenvalue weighted by Gasteiger charge is 2.17. The lowest BCUT2D eigenvalue weighted by molar-refractivity contribution is -0.137. The number of nitrogens with two attached hydrogens (primary N) is 1. The van der Waals surface area contributed by atoms with Crippen molar-refractivity contribution in [2.24, 2.45) is 5.73 Å². The molecule has 0 atom stereocenters. The first-order valence-electron chi connectivity index (χ1n) is 7.64. The van der Waals surface area contributed by atoms with Gasteiger partial charge in [0.25, 0.3) is 5.56 Å². The molecule has 1 amide bonds. The Morgan fingerprint density at radius 2 is 2.19 bits per heavy atom. The van der Waals surface area contributed by atoms with Crippen LogP contribution in [-0.2, 0) is 16.1 Å². The minimum Gasteiger partial charge on any atom is -0.497 e. The molecule has 136 valence electrons. The molecule has 0 saturated carbocycles. The van der Waals surface area contributed by atoms with Crippen molar-refractivity contribution in [1.29, 1.82) is 0 Å². The number of hydrogen-bond acceptors (Lipinski definition) is 6. The summed E-state index contributed by atoms with van der Waals surface area (Å²) in [5.74, 6) is -1.06. The molecule has 0 spiro atoms. The molecule has 2 heterocycles. The average molecular weight is 376 g/mol. The first-order valence-corrected chi connectivity index (χ1v) is 8.62. The van der Waals surface area contributed by atoms with Crippen LogP contribution < -0.4 is 16.0 Å². The number of hydrogen-bond donors (Lipinski definition) is 3. The third-order valence-electron chi connectivity index (χ3n) is 3.77. The molecule has 0 unspecified atom stereocenters. The van der Waals surface area contributed by atoms with Gasteiger partial charge < -0.3 is 20.6 Å². The lowest BCUT2D eigenvalue weighted by Crippen LogP contribution is -2.25.